The molecule has 0 saturated carbocycles. The minimum atomic E-state index is -0.841. The molecule has 0 bridgehead atoms. The molecular formula is C23H26N2O5. The van der Waals surface area contributed by atoms with Crippen molar-refractivity contribution in [2.75, 3.05) is 25.8 Å². The van der Waals surface area contributed by atoms with Gasteiger partial charge in [0.1, 0.15) is 17.4 Å². The number of imide groups is 1. The van der Waals surface area contributed by atoms with Crippen molar-refractivity contribution in [3.63, 3.8) is 0 Å². The summed E-state index contributed by atoms with van der Waals surface area (Å²) in [7, 11) is 3.16. The Morgan fingerprint density at radius 3 is 2.43 bits per heavy atom. The Bertz CT molecular complexity index is 932. The standard InChI is InChI=1S/C23H26N2O5/c1-4-5-13-24-22(26)19-20(17-12-11-16(28-2)14-18(17)29-3)25(30-21(19)23(24)27)15-9-7-6-8-10-15/h6-12,14,19-21H,4-5,13H2,1-3H3/t19-,20+,21-/m1/s1. The van der Waals surface area contributed by atoms with E-state index in [4.69, 9.17) is 14.3 Å². The van der Waals surface area contributed by atoms with Crippen LogP contribution in [0.1, 0.15) is 31.4 Å². The first-order valence-corrected chi connectivity index (χ1v) is 10.2. The quantitative estimate of drug-likeness (QED) is 0.652. The molecule has 0 aromatic heterocycles. The lowest BCUT2D eigenvalue weighted by Gasteiger charge is -2.29. The molecule has 0 aliphatic carbocycles. The lowest BCUT2D eigenvalue weighted by molar-refractivity contribution is -0.143. The summed E-state index contributed by atoms with van der Waals surface area (Å²) in [5.74, 6) is 0.124. The van der Waals surface area contributed by atoms with Crippen LogP contribution in [-0.2, 0) is 14.4 Å². The molecular weight excluding hydrogens is 384 g/mol. The van der Waals surface area contributed by atoms with Crippen LogP contribution >= 0.6 is 0 Å². The van der Waals surface area contributed by atoms with Crippen molar-refractivity contribution in [1.29, 1.82) is 0 Å². The summed E-state index contributed by atoms with van der Waals surface area (Å²) in [5, 5.41) is 1.67. The van der Waals surface area contributed by atoms with E-state index in [1.54, 1.807) is 25.3 Å². The van der Waals surface area contributed by atoms with Gasteiger partial charge in [-0.3, -0.25) is 19.3 Å². The van der Waals surface area contributed by atoms with Crippen LogP contribution in [0.2, 0.25) is 0 Å². The third-order valence-corrected chi connectivity index (χ3v) is 5.71. The molecule has 30 heavy (non-hydrogen) atoms. The van der Waals surface area contributed by atoms with Crippen molar-refractivity contribution < 1.29 is 23.9 Å². The number of hydrogen-bond acceptors (Lipinski definition) is 6. The highest BCUT2D eigenvalue weighted by molar-refractivity contribution is 6.07. The van der Waals surface area contributed by atoms with Gasteiger partial charge in [0.05, 0.1) is 25.9 Å². The molecule has 0 N–H and O–H groups in total. The summed E-state index contributed by atoms with van der Waals surface area (Å²) in [6.45, 7) is 2.45. The number of unbranched alkanes of at least 4 members (excludes halogenated alkanes) is 1. The summed E-state index contributed by atoms with van der Waals surface area (Å²) >= 11 is 0. The van der Waals surface area contributed by atoms with Crippen LogP contribution in [0.3, 0.4) is 0 Å². The van der Waals surface area contributed by atoms with Gasteiger partial charge in [0, 0.05) is 18.2 Å². The van der Waals surface area contributed by atoms with E-state index in [-0.39, 0.29) is 11.8 Å². The number of para-hydroxylation sites is 1. The van der Waals surface area contributed by atoms with Gasteiger partial charge in [-0.25, -0.2) is 5.06 Å². The minimum Gasteiger partial charge on any atom is -0.497 e. The molecule has 2 aromatic rings. The van der Waals surface area contributed by atoms with Crippen LogP contribution in [0.4, 0.5) is 5.69 Å². The van der Waals surface area contributed by atoms with Crippen LogP contribution in [0, 0.1) is 5.92 Å². The SMILES string of the molecule is CCCCN1C(=O)[C@H]2[C@@H](ON(c3ccccc3)[C@H]2c2ccc(OC)cc2OC)C1=O. The maximum absolute atomic E-state index is 13.3. The highest BCUT2D eigenvalue weighted by Crippen LogP contribution is 2.49. The molecule has 2 saturated heterocycles. The monoisotopic (exact) mass is 410 g/mol. The molecule has 2 amide bonds. The maximum atomic E-state index is 13.3. The van der Waals surface area contributed by atoms with E-state index in [0.717, 1.165) is 24.1 Å². The van der Waals surface area contributed by atoms with E-state index in [9.17, 15) is 9.59 Å². The Balaban J connectivity index is 1.79. The van der Waals surface area contributed by atoms with Crippen molar-refractivity contribution in [1.82, 2.24) is 4.90 Å². The van der Waals surface area contributed by atoms with Crippen molar-refractivity contribution in [3.05, 3.63) is 54.1 Å². The number of nitrogens with zero attached hydrogens (tertiary/aromatic N) is 2. The minimum absolute atomic E-state index is 0.195. The normalized spacial score (nSPS) is 23.1. The largest absolute Gasteiger partial charge is 0.497 e. The molecule has 2 aliphatic heterocycles. The van der Waals surface area contributed by atoms with E-state index >= 15 is 0 Å². The lowest BCUT2D eigenvalue weighted by atomic mass is 9.90. The fraction of sp³-hybridized carbons (Fsp3) is 0.391. The van der Waals surface area contributed by atoms with Gasteiger partial charge in [0.25, 0.3) is 5.91 Å². The van der Waals surface area contributed by atoms with Gasteiger partial charge in [0.15, 0.2) is 6.10 Å². The van der Waals surface area contributed by atoms with E-state index in [0.29, 0.717) is 18.0 Å². The summed E-state index contributed by atoms with van der Waals surface area (Å²) in [4.78, 5) is 33.8. The van der Waals surface area contributed by atoms with Crippen LogP contribution in [0.25, 0.3) is 0 Å². The van der Waals surface area contributed by atoms with Crippen molar-refractivity contribution >= 4 is 17.5 Å². The molecule has 2 heterocycles. The number of methoxy groups -OCH3 is 2. The topological polar surface area (TPSA) is 68.3 Å². The highest BCUT2D eigenvalue weighted by Gasteiger charge is 2.60. The molecule has 7 nitrogen and oxygen atoms in total. The van der Waals surface area contributed by atoms with E-state index < -0.39 is 18.1 Å². The molecule has 0 radical (unpaired) electrons. The molecule has 2 aromatic carbocycles. The first-order chi connectivity index (χ1) is 14.6. The van der Waals surface area contributed by atoms with Crippen LogP contribution in [0.15, 0.2) is 48.5 Å². The van der Waals surface area contributed by atoms with Gasteiger partial charge in [-0.15, -0.1) is 0 Å². The Morgan fingerprint density at radius 2 is 1.77 bits per heavy atom. The number of amides is 2. The third kappa shape index (κ3) is 3.29. The second-order valence-corrected chi connectivity index (χ2v) is 7.45. The van der Waals surface area contributed by atoms with Gasteiger partial charge >= 0.3 is 0 Å². The number of ether oxygens (including phenoxy) is 2. The predicted octanol–water partition coefficient (Wildman–Crippen LogP) is 3.35. The van der Waals surface area contributed by atoms with Crippen molar-refractivity contribution in [2.45, 2.75) is 31.9 Å². The summed E-state index contributed by atoms with van der Waals surface area (Å²) in [6, 6.07) is 14.5. The zero-order valence-electron chi connectivity index (χ0n) is 17.4. The number of anilines is 1. The number of hydrogen-bond donors (Lipinski definition) is 0. The van der Waals surface area contributed by atoms with Crippen molar-refractivity contribution in [2.24, 2.45) is 5.92 Å². The molecule has 2 aliphatic rings. The molecule has 4 rings (SSSR count). The van der Waals surface area contributed by atoms with Gasteiger partial charge in [-0.2, -0.15) is 0 Å². The zero-order valence-corrected chi connectivity index (χ0v) is 17.4. The summed E-state index contributed by atoms with van der Waals surface area (Å²) < 4.78 is 10.9. The van der Waals surface area contributed by atoms with E-state index in [2.05, 4.69) is 0 Å². The number of fused-ring (bicyclic) bond motifs is 1. The average Bonchev–Trinajstić information content (AvgIpc) is 3.28. The summed E-state index contributed by atoms with van der Waals surface area (Å²) in [5.41, 5.74) is 1.55. The molecule has 158 valence electrons. The smallest absolute Gasteiger partial charge is 0.261 e. The van der Waals surface area contributed by atoms with Crippen LogP contribution in [-0.4, -0.2) is 43.6 Å². The molecule has 3 atom stereocenters. The Labute approximate surface area is 176 Å². The molecule has 2 fully saturated rings. The number of hydroxylamine groups is 1. The summed E-state index contributed by atoms with van der Waals surface area (Å²) in [6.07, 6.45) is 0.834. The highest BCUT2D eigenvalue weighted by atomic mass is 16.7. The maximum Gasteiger partial charge on any atom is 0.261 e. The Hall–Kier alpha value is -3.06. The predicted molar refractivity (Wildman–Crippen MR) is 111 cm³/mol. The first-order valence-electron chi connectivity index (χ1n) is 10.2. The lowest BCUT2D eigenvalue weighted by Crippen LogP contribution is -2.37. The second kappa shape index (κ2) is 8.36. The Kier molecular flexibility index (Phi) is 5.63. The average molecular weight is 410 g/mol. The number of likely N-dealkylation sites (tertiary alicyclic amines) is 1. The van der Waals surface area contributed by atoms with Crippen molar-refractivity contribution in [3.8, 4) is 11.5 Å². The third-order valence-electron chi connectivity index (χ3n) is 5.71. The number of carbonyl (C=O) groups is 2. The van der Waals surface area contributed by atoms with Crippen LogP contribution in [0.5, 0.6) is 11.5 Å². The fourth-order valence-corrected chi connectivity index (χ4v) is 4.19. The zero-order chi connectivity index (χ0) is 21.3. The fourth-order valence-electron chi connectivity index (χ4n) is 4.19. The Morgan fingerprint density at radius 1 is 1.00 bits per heavy atom. The van der Waals surface area contributed by atoms with Gasteiger partial charge in [-0.05, 0) is 30.7 Å². The first kappa shape index (κ1) is 20.2. The second-order valence-electron chi connectivity index (χ2n) is 7.45. The number of carbonyl (C=O) groups excluding carboxylic acids is 2. The van der Waals surface area contributed by atoms with Gasteiger partial charge in [0.2, 0.25) is 5.91 Å². The number of rotatable bonds is 7. The van der Waals surface area contributed by atoms with E-state index in [1.165, 1.54) is 4.90 Å². The van der Waals surface area contributed by atoms with Gasteiger partial charge < -0.3 is 9.47 Å². The van der Waals surface area contributed by atoms with Crippen LogP contribution < -0.4 is 14.5 Å². The van der Waals surface area contributed by atoms with Gasteiger partial charge in [-0.1, -0.05) is 31.5 Å². The molecule has 0 unspecified atom stereocenters. The van der Waals surface area contributed by atoms with E-state index in [1.807, 2.05) is 49.4 Å². The molecule has 0 spiro atoms. The molecule has 7 heteroatoms. The number of benzene rings is 2.